The van der Waals surface area contributed by atoms with Crippen LogP contribution in [-0.4, -0.2) is 47.6 Å². The number of rotatable bonds is 7. The number of ether oxygens (including phenoxy) is 2. The molecule has 1 unspecified atom stereocenters. The quantitative estimate of drug-likeness (QED) is 0.752. The average Bonchev–Trinajstić information content (AvgIpc) is 2.55. The van der Waals surface area contributed by atoms with Crippen LogP contribution in [0.4, 0.5) is 9.59 Å². The number of nitrogens with one attached hydrogen (secondary N) is 1. The van der Waals surface area contributed by atoms with E-state index in [1.807, 2.05) is 30.3 Å². The summed E-state index contributed by atoms with van der Waals surface area (Å²) in [5, 5.41) is 2.46. The van der Waals surface area contributed by atoms with Crippen LogP contribution in [0.1, 0.15) is 40.2 Å². The van der Waals surface area contributed by atoms with Gasteiger partial charge in [-0.15, -0.1) is 0 Å². The molecular weight excluding hydrogens is 336 g/mol. The number of amides is 2. The lowest BCUT2D eigenvalue weighted by molar-refractivity contribution is -0.110. The van der Waals surface area contributed by atoms with Crippen LogP contribution < -0.4 is 5.32 Å². The van der Waals surface area contributed by atoms with E-state index < -0.39 is 23.8 Å². The van der Waals surface area contributed by atoms with E-state index in [9.17, 15) is 14.4 Å². The first-order valence-corrected chi connectivity index (χ1v) is 8.54. The molecule has 2 amide bonds. The van der Waals surface area contributed by atoms with Crippen molar-refractivity contribution >= 4 is 18.5 Å². The standard InChI is InChI=1S/C19H28N2O5/c1-14(2)21(18(24)26-19(3,4)5)11-16(12-22)20-17(23)25-13-15-9-7-6-8-10-15/h6-10,12,14,16H,11,13H2,1-5H3,(H,20,23). The Balaban J connectivity index is 2.60. The molecule has 1 N–H and O–H groups in total. The molecule has 1 rings (SSSR count). The van der Waals surface area contributed by atoms with E-state index >= 15 is 0 Å². The highest BCUT2D eigenvalue weighted by Crippen LogP contribution is 2.12. The Kier molecular flexibility index (Phi) is 8.09. The van der Waals surface area contributed by atoms with Gasteiger partial charge in [-0.2, -0.15) is 0 Å². The molecule has 7 nitrogen and oxygen atoms in total. The highest BCUT2D eigenvalue weighted by atomic mass is 16.6. The summed E-state index contributed by atoms with van der Waals surface area (Å²) in [6.07, 6.45) is -0.693. The fourth-order valence-electron chi connectivity index (χ4n) is 2.07. The minimum atomic E-state index is -0.895. The van der Waals surface area contributed by atoms with Crippen molar-refractivity contribution < 1.29 is 23.9 Å². The minimum absolute atomic E-state index is 0.00346. The molecule has 0 saturated carbocycles. The Labute approximate surface area is 154 Å². The summed E-state index contributed by atoms with van der Waals surface area (Å²) in [4.78, 5) is 36.9. The predicted molar refractivity (Wildman–Crippen MR) is 97.7 cm³/mol. The van der Waals surface area contributed by atoms with Gasteiger partial charge < -0.3 is 24.5 Å². The van der Waals surface area contributed by atoms with Crippen molar-refractivity contribution in [3.8, 4) is 0 Å². The number of carbonyl (C=O) groups is 3. The lowest BCUT2D eigenvalue weighted by atomic mass is 10.2. The summed E-state index contributed by atoms with van der Waals surface area (Å²) in [5.41, 5.74) is 0.186. The molecule has 0 spiro atoms. The molecule has 7 heteroatoms. The Hall–Kier alpha value is -2.57. The van der Waals surface area contributed by atoms with Gasteiger partial charge in [-0.1, -0.05) is 30.3 Å². The average molecular weight is 364 g/mol. The van der Waals surface area contributed by atoms with E-state index in [2.05, 4.69) is 5.32 Å². The normalized spacial score (nSPS) is 12.2. The molecule has 26 heavy (non-hydrogen) atoms. The molecule has 0 aromatic heterocycles. The van der Waals surface area contributed by atoms with Gasteiger partial charge in [-0.25, -0.2) is 9.59 Å². The monoisotopic (exact) mass is 364 g/mol. The molecule has 0 aliphatic heterocycles. The minimum Gasteiger partial charge on any atom is -0.445 e. The maximum atomic E-state index is 12.3. The zero-order valence-corrected chi connectivity index (χ0v) is 16.0. The summed E-state index contributed by atoms with van der Waals surface area (Å²) < 4.78 is 10.4. The van der Waals surface area contributed by atoms with E-state index in [-0.39, 0.29) is 19.2 Å². The van der Waals surface area contributed by atoms with Crippen molar-refractivity contribution in [3.05, 3.63) is 35.9 Å². The maximum Gasteiger partial charge on any atom is 0.410 e. The Morgan fingerprint density at radius 3 is 2.31 bits per heavy atom. The second-order valence-electron chi connectivity index (χ2n) is 7.18. The van der Waals surface area contributed by atoms with Crippen molar-refractivity contribution in [2.24, 2.45) is 0 Å². The SMILES string of the molecule is CC(C)N(CC(C=O)NC(=O)OCc1ccccc1)C(=O)OC(C)(C)C. The van der Waals surface area contributed by atoms with Crippen molar-refractivity contribution in [2.45, 2.75) is 58.9 Å². The highest BCUT2D eigenvalue weighted by molar-refractivity contribution is 5.74. The summed E-state index contributed by atoms with van der Waals surface area (Å²) in [6.45, 7) is 8.99. The third kappa shape index (κ3) is 8.00. The molecule has 0 heterocycles. The fraction of sp³-hybridized carbons (Fsp3) is 0.526. The predicted octanol–water partition coefficient (Wildman–Crippen LogP) is 3.13. The van der Waals surface area contributed by atoms with Gasteiger partial charge in [0.2, 0.25) is 0 Å². The summed E-state index contributed by atoms with van der Waals surface area (Å²) in [7, 11) is 0. The van der Waals surface area contributed by atoms with Crippen LogP contribution in [0.2, 0.25) is 0 Å². The number of benzene rings is 1. The number of hydrogen-bond acceptors (Lipinski definition) is 5. The molecule has 0 saturated heterocycles. The van der Waals surface area contributed by atoms with Gasteiger partial charge in [0.25, 0.3) is 0 Å². The van der Waals surface area contributed by atoms with Crippen molar-refractivity contribution in [3.63, 3.8) is 0 Å². The van der Waals surface area contributed by atoms with Gasteiger partial charge in [0.15, 0.2) is 0 Å². The van der Waals surface area contributed by atoms with Crippen LogP contribution in [0.25, 0.3) is 0 Å². The molecule has 0 bridgehead atoms. The summed E-state index contributed by atoms with van der Waals surface area (Å²) in [5.74, 6) is 0. The Bertz CT molecular complexity index is 596. The number of nitrogens with zero attached hydrogens (tertiary/aromatic N) is 1. The molecule has 1 atom stereocenters. The number of carbonyl (C=O) groups excluding carboxylic acids is 3. The van der Waals surface area contributed by atoms with Crippen LogP contribution in [0.3, 0.4) is 0 Å². The molecule has 144 valence electrons. The van der Waals surface area contributed by atoms with E-state index in [0.717, 1.165) is 5.56 Å². The lowest BCUT2D eigenvalue weighted by Crippen LogP contribution is -2.50. The second kappa shape index (κ2) is 9.79. The smallest absolute Gasteiger partial charge is 0.410 e. The van der Waals surface area contributed by atoms with Gasteiger partial charge in [-0.3, -0.25) is 0 Å². The Morgan fingerprint density at radius 2 is 1.81 bits per heavy atom. The largest absolute Gasteiger partial charge is 0.445 e. The van der Waals surface area contributed by atoms with Crippen LogP contribution >= 0.6 is 0 Å². The lowest BCUT2D eigenvalue weighted by Gasteiger charge is -2.31. The Morgan fingerprint density at radius 1 is 1.19 bits per heavy atom. The van der Waals surface area contributed by atoms with E-state index in [4.69, 9.17) is 9.47 Å². The number of aldehydes is 1. The second-order valence-corrected chi connectivity index (χ2v) is 7.18. The van der Waals surface area contributed by atoms with Gasteiger partial charge in [0, 0.05) is 6.04 Å². The molecule has 0 aliphatic rings. The van der Waals surface area contributed by atoms with Gasteiger partial charge in [-0.05, 0) is 40.2 Å². The van der Waals surface area contributed by atoms with Gasteiger partial charge >= 0.3 is 12.2 Å². The van der Waals surface area contributed by atoms with Gasteiger partial charge in [0.05, 0.1) is 6.54 Å². The first kappa shape index (κ1) is 21.5. The van der Waals surface area contributed by atoms with E-state index in [1.54, 1.807) is 34.6 Å². The van der Waals surface area contributed by atoms with E-state index in [1.165, 1.54) is 4.90 Å². The molecule has 1 aromatic carbocycles. The third-order valence-electron chi connectivity index (χ3n) is 3.33. The first-order chi connectivity index (χ1) is 12.1. The van der Waals surface area contributed by atoms with Crippen LogP contribution in [0, 0.1) is 0 Å². The zero-order chi connectivity index (χ0) is 19.7. The maximum absolute atomic E-state index is 12.3. The molecular formula is C19H28N2O5. The number of hydrogen-bond donors (Lipinski definition) is 1. The number of alkyl carbamates (subject to hydrolysis) is 1. The van der Waals surface area contributed by atoms with Crippen molar-refractivity contribution in [1.29, 1.82) is 0 Å². The summed E-state index contributed by atoms with van der Waals surface area (Å²) in [6, 6.07) is 8.10. The zero-order valence-electron chi connectivity index (χ0n) is 16.0. The van der Waals surface area contributed by atoms with Crippen LogP contribution in [0.15, 0.2) is 30.3 Å². The molecule has 1 aromatic rings. The van der Waals surface area contributed by atoms with E-state index in [0.29, 0.717) is 6.29 Å². The molecule has 0 radical (unpaired) electrons. The molecule has 0 aliphatic carbocycles. The highest BCUT2D eigenvalue weighted by Gasteiger charge is 2.27. The third-order valence-corrected chi connectivity index (χ3v) is 3.33. The molecule has 0 fully saturated rings. The topological polar surface area (TPSA) is 84.9 Å². The van der Waals surface area contributed by atoms with Gasteiger partial charge in [0.1, 0.15) is 24.5 Å². The van der Waals surface area contributed by atoms with Crippen molar-refractivity contribution in [2.75, 3.05) is 6.54 Å². The van der Waals surface area contributed by atoms with Crippen LogP contribution in [-0.2, 0) is 20.9 Å². The van der Waals surface area contributed by atoms with Crippen LogP contribution in [0.5, 0.6) is 0 Å². The first-order valence-electron chi connectivity index (χ1n) is 8.54. The fourth-order valence-corrected chi connectivity index (χ4v) is 2.07. The van der Waals surface area contributed by atoms with Crippen molar-refractivity contribution in [1.82, 2.24) is 10.2 Å². The summed E-state index contributed by atoms with van der Waals surface area (Å²) >= 11 is 0.